The van der Waals surface area contributed by atoms with E-state index in [4.69, 9.17) is 0 Å². The van der Waals surface area contributed by atoms with E-state index >= 15 is 0 Å². The predicted octanol–water partition coefficient (Wildman–Crippen LogP) is 1.69. The molecule has 17 heavy (non-hydrogen) atoms. The molecule has 0 saturated heterocycles. The third-order valence-corrected chi connectivity index (χ3v) is 2.83. The highest BCUT2D eigenvalue weighted by atomic mass is 19.1. The molecule has 1 amide bonds. The van der Waals surface area contributed by atoms with Gasteiger partial charge in [0.15, 0.2) is 0 Å². The van der Waals surface area contributed by atoms with Gasteiger partial charge in [-0.15, -0.1) is 0 Å². The lowest BCUT2D eigenvalue weighted by atomic mass is 9.97. The van der Waals surface area contributed by atoms with Crippen molar-refractivity contribution in [2.75, 3.05) is 0 Å². The molecule has 0 bridgehead atoms. The number of carbonyl (C=O) groups excluding carboxylic acids is 1. The molecule has 0 fully saturated rings. The topological polar surface area (TPSA) is 46.9 Å². The smallest absolute Gasteiger partial charge is 0.207 e. The molecule has 1 N–H and O–H groups in total. The number of hydrogen-bond acceptors (Lipinski definition) is 2. The Bertz CT molecular complexity index is 574. The van der Waals surface area contributed by atoms with Crippen LogP contribution in [0.15, 0.2) is 18.2 Å². The summed E-state index contributed by atoms with van der Waals surface area (Å²) in [5, 5.41) is 7.70. The minimum atomic E-state index is -0.630. The summed E-state index contributed by atoms with van der Waals surface area (Å²) in [6, 6.07) is 4.84. The number of amides is 1. The van der Waals surface area contributed by atoms with Crippen molar-refractivity contribution in [2.45, 2.75) is 19.4 Å². The Morgan fingerprint density at radius 1 is 1.47 bits per heavy atom. The molecule has 0 spiro atoms. The van der Waals surface area contributed by atoms with Crippen LogP contribution in [0.25, 0.3) is 10.9 Å². The van der Waals surface area contributed by atoms with Crippen molar-refractivity contribution in [3.05, 3.63) is 29.7 Å². The molecule has 0 saturated carbocycles. The molecule has 0 unspecified atom stereocenters. The summed E-state index contributed by atoms with van der Waals surface area (Å²) < 4.78 is 15.2. The number of aryl methyl sites for hydroxylation is 1. The fourth-order valence-corrected chi connectivity index (χ4v) is 1.97. The Hall–Kier alpha value is -1.91. The fraction of sp³-hybridized carbons (Fsp3) is 0.333. The van der Waals surface area contributed by atoms with E-state index in [0.717, 1.165) is 0 Å². The lowest BCUT2D eigenvalue weighted by Gasteiger charge is -2.21. The van der Waals surface area contributed by atoms with Gasteiger partial charge in [0, 0.05) is 12.4 Å². The van der Waals surface area contributed by atoms with E-state index in [9.17, 15) is 9.18 Å². The number of para-hydroxylation sites is 1. The van der Waals surface area contributed by atoms with Crippen LogP contribution in [0.2, 0.25) is 0 Å². The average Bonchev–Trinajstić information content (AvgIpc) is 2.58. The van der Waals surface area contributed by atoms with Gasteiger partial charge in [0.1, 0.15) is 11.3 Å². The van der Waals surface area contributed by atoms with Crippen LogP contribution in [0.5, 0.6) is 0 Å². The zero-order valence-corrected chi connectivity index (χ0v) is 9.99. The molecule has 4 nitrogen and oxygen atoms in total. The van der Waals surface area contributed by atoms with E-state index in [1.165, 1.54) is 10.7 Å². The van der Waals surface area contributed by atoms with Crippen LogP contribution in [-0.2, 0) is 17.4 Å². The molecule has 0 aliphatic heterocycles. The zero-order chi connectivity index (χ0) is 12.6. The highest BCUT2D eigenvalue weighted by Crippen LogP contribution is 2.28. The lowest BCUT2D eigenvalue weighted by Crippen LogP contribution is -2.36. The van der Waals surface area contributed by atoms with Crippen molar-refractivity contribution in [3.63, 3.8) is 0 Å². The van der Waals surface area contributed by atoms with Crippen LogP contribution in [0.4, 0.5) is 4.39 Å². The number of nitrogens with one attached hydrogen (secondary N) is 1. The Balaban J connectivity index is 2.72. The van der Waals surface area contributed by atoms with Crippen LogP contribution in [0, 0.1) is 5.82 Å². The van der Waals surface area contributed by atoms with Gasteiger partial charge in [-0.2, -0.15) is 5.10 Å². The highest BCUT2D eigenvalue weighted by molar-refractivity contribution is 5.83. The number of rotatable bonds is 3. The summed E-state index contributed by atoms with van der Waals surface area (Å²) in [6.45, 7) is 3.65. The van der Waals surface area contributed by atoms with Crippen LogP contribution in [0.3, 0.4) is 0 Å². The first kappa shape index (κ1) is 11.6. The first-order valence-electron chi connectivity index (χ1n) is 5.30. The molecule has 0 radical (unpaired) electrons. The molecule has 1 aromatic heterocycles. The van der Waals surface area contributed by atoms with E-state index in [-0.39, 0.29) is 5.82 Å². The minimum Gasteiger partial charge on any atom is -0.348 e. The molecule has 5 heteroatoms. The van der Waals surface area contributed by atoms with Gasteiger partial charge in [0.05, 0.1) is 11.2 Å². The van der Waals surface area contributed by atoms with Crippen LogP contribution in [0.1, 0.15) is 19.5 Å². The summed E-state index contributed by atoms with van der Waals surface area (Å²) >= 11 is 0. The SMILES string of the molecule is Cn1nc(C(C)(C)NC=O)c2cccc(F)c21. The van der Waals surface area contributed by atoms with Crippen molar-refractivity contribution >= 4 is 17.3 Å². The molecule has 90 valence electrons. The van der Waals surface area contributed by atoms with Gasteiger partial charge >= 0.3 is 0 Å². The summed E-state index contributed by atoms with van der Waals surface area (Å²) in [5.41, 5.74) is 0.472. The Labute approximate surface area is 98.4 Å². The van der Waals surface area contributed by atoms with Gasteiger partial charge in [-0.1, -0.05) is 12.1 Å². The first-order chi connectivity index (χ1) is 7.97. The molecular formula is C12H14FN3O. The van der Waals surface area contributed by atoms with Crippen molar-refractivity contribution in [2.24, 2.45) is 7.05 Å². The van der Waals surface area contributed by atoms with E-state index in [2.05, 4.69) is 10.4 Å². The van der Waals surface area contributed by atoms with Crippen LogP contribution >= 0.6 is 0 Å². The molecule has 2 rings (SSSR count). The largest absolute Gasteiger partial charge is 0.348 e. The van der Waals surface area contributed by atoms with Gasteiger partial charge in [0.2, 0.25) is 6.41 Å². The second-order valence-electron chi connectivity index (χ2n) is 4.50. The van der Waals surface area contributed by atoms with Gasteiger partial charge < -0.3 is 5.32 Å². The number of fused-ring (bicyclic) bond motifs is 1. The normalized spacial score (nSPS) is 11.8. The third-order valence-electron chi connectivity index (χ3n) is 2.83. The maximum absolute atomic E-state index is 13.7. The molecule has 0 aliphatic rings. The molecule has 1 heterocycles. The van der Waals surface area contributed by atoms with Crippen LogP contribution < -0.4 is 5.32 Å². The van der Waals surface area contributed by atoms with Gasteiger partial charge in [-0.3, -0.25) is 9.48 Å². The standard InChI is InChI=1S/C12H14FN3O/c1-12(2,14-7-17)11-8-5-4-6-9(13)10(8)16(3)15-11/h4-7H,1-3H3,(H,14,17). The van der Waals surface area contributed by atoms with Crippen molar-refractivity contribution in [1.82, 2.24) is 15.1 Å². The van der Waals surface area contributed by atoms with E-state index < -0.39 is 5.54 Å². The first-order valence-corrected chi connectivity index (χ1v) is 5.30. The van der Waals surface area contributed by atoms with Gasteiger partial charge in [0.25, 0.3) is 0 Å². The van der Waals surface area contributed by atoms with E-state index in [1.807, 2.05) is 13.8 Å². The third kappa shape index (κ3) is 1.77. The van der Waals surface area contributed by atoms with Crippen LogP contribution in [-0.4, -0.2) is 16.2 Å². The van der Waals surface area contributed by atoms with Gasteiger partial charge in [-0.25, -0.2) is 4.39 Å². The van der Waals surface area contributed by atoms with E-state index in [1.54, 1.807) is 19.2 Å². The van der Waals surface area contributed by atoms with Crippen molar-refractivity contribution in [1.29, 1.82) is 0 Å². The molecular weight excluding hydrogens is 221 g/mol. The predicted molar refractivity (Wildman–Crippen MR) is 62.9 cm³/mol. The van der Waals surface area contributed by atoms with E-state index in [0.29, 0.717) is 23.0 Å². The zero-order valence-electron chi connectivity index (χ0n) is 9.99. The molecule has 0 aliphatic carbocycles. The maximum atomic E-state index is 13.7. The number of hydrogen-bond donors (Lipinski definition) is 1. The highest BCUT2D eigenvalue weighted by Gasteiger charge is 2.26. The lowest BCUT2D eigenvalue weighted by molar-refractivity contribution is -0.111. The number of aromatic nitrogens is 2. The van der Waals surface area contributed by atoms with Crippen molar-refractivity contribution < 1.29 is 9.18 Å². The Morgan fingerprint density at radius 2 is 2.18 bits per heavy atom. The number of carbonyl (C=O) groups is 1. The number of nitrogens with zero attached hydrogens (tertiary/aromatic N) is 2. The Kier molecular flexibility index (Phi) is 2.61. The molecule has 1 aromatic carbocycles. The summed E-state index contributed by atoms with van der Waals surface area (Å²) in [7, 11) is 1.69. The van der Waals surface area contributed by atoms with Crippen molar-refractivity contribution in [3.8, 4) is 0 Å². The monoisotopic (exact) mass is 235 g/mol. The summed E-state index contributed by atoms with van der Waals surface area (Å²) in [5.74, 6) is -0.314. The quantitative estimate of drug-likeness (QED) is 0.823. The second kappa shape index (κ2) is 3.84. The second-order valence-corrected chi connectivity index (χ2v) is 4.50. The number of halogens is 1. The molecule has 2 aromatic rings. The summed E-state index contributed by atoms with van der Waals surface area (Å²) in [4.78, 5) is 10.6. The Morgan fingerprint density at radius 3 is 2.82 bits per heavy atom. The average molecular weight is 235 g/mol. The minimum absolute atomic E-state index is 0.314. The molecule has 0 atom stereocenters. The summed E-state index contributed by atoms with van der Waals surface area (Å²) in [6.07, 6.45) is 0.625. The van der Waals surface area contributed by atoms with Gasteiger partial charge in [-0.05, 0) is 19.9 Å². The maximum Gasteiger partial charge on any atom is 0.207 e. The fourth-order valence-electron chi connectivity index (χ4n) is 1.97. The number of benzene rings is 1.